The van der Waals surface area contributed by atoms with E-state index in [9.17, 15) is 0 Å². The second kappa shape index (κ2) is 6.38. The van der Waals surface area contributed by atoms with Gasteiger partial charge in [-0.2, -0.15) is 0 Å². The molecule has 0 saturated heterocycles. The first-order valence-corrected chi connectivity index (χ1v) is 7.45. The molecule has 0 bridgehead atoms. The van der Waals surface area contributed by atoms with E-state index in [1.54, 1.807) is 0 Å². The van der Waals surface area contributed by atoms with E-state index in [4.69, 9.17) is 0 Å². The van der Waals surface area contributed by atoms with Crippen LogP contribution < -0.4 is 5.32 Å². The van der Waals surface area contributed by atoms with Crippen molar-refractivity contribution in [3.63, 3.8) is 0 Å². The normalized spacial score (nSPS) is 17.8. The topological polar surface area (TPSA) is 12.0 Å². The Labute approximate surface area is 112 Å². The summed E-state index contributed by atoms with van der Waals surface area (Å²) in [5.41, 5.74) is 2.91. The van der Waals surface area contributed by atoms with Crippen LogP contribution in [0.3, 0.4) is 0 Å². The monoisotopic (exact) mass is 245 g/mol. The van der Waals surface area contributed by atoms with Crippen LogP contribution in [0.2, 0.25) is 0 Å². The summed E-state index contributed by atoms with van der Waals surface area (Å²) in [6, 6.07) is 9.84. The van der Waals surface area contributed by atoms with Crippen molar-refractivity contribution in [1.29, 1.82) is 0 Å². The van der Waals surface area contributed by atoms with E-state index in [1.165, 1.54) is 43.2 Å². The van der Waals surface area contributed by atoms with Crippen LogP contribution in [0.1, 0.15) is 56.6 Å². The van der Waals surface area contributed by atoms with Gasteiger partial charge in [0.05, 0.1) is 0 Å². The van der Waals surface area contributed by atoms with Crippen molar-refractivity contribution < 1.29 is 0 Å². The van der Waals surface area contributed by atoms with Gasteiger partial charge in [-0.05, 0) is 42.9 Å². The van der Waals surface area contributed by atoms with Crippen molar-refractivity contribution in [3.05, 3.63) is 35.4 Å². The summed E-state index contributed by atoms with van der Waals surface area (Å²) in [5, 5.41) is 3.49. The van der Waals surface area contributed by atoms with E-state index in [-0.39, 0.29) is 0 Å². The highest BCUT2D eigenvalue weighted by atomic mass is 14.9. The van der Waals surface area contributed by atoms with Gasteiger partial charge >= 0.3 is 0 Å². The Kier molecular flexibility index (Phi) is 4.82. The second-order valence-electron chi connectivity index (χ2n) is 6.12. The molecule has 0 aromatic heterocycles. The standard InChI is InChI=1S/C17H27N/c1-13(2)16-9-7-15(8-10-16)12-17(18-3)11-14-5-4-6-14/h7-10,13-14,17-18H,4-6,11-12H2,1-3H3. The number of likely N-dealkylation sites (N-methyl/N-ethyl adjacent to an activating group) is 1. The third-order valence-corrected chi connectivity index (χ3v) is 4.38. The molecule has 1 nitrogen and oxygen atoms in total. The van der Waals surface area contributed by atoms with E-state index >= 15 is 0 Å². The molecule has 1 aromatic rings. The van der Waals surface area contributed by atoms with Crippen LogP contribution in [0, 0.1) is 5.92 Å². The van der Waals surface area contributed by atoms with E-state index in [2.05, 4.69) is 50.5 Å². The Balaban J connectivity index is 1.89. The minimum Gasteiger partial charge on any atom is -0.317 e. The van der Waals surface area contributed by atoms with Crippen LogP contribution in [-0.2, 0) is 6.42 Å². The number of hydrogen-bond donors (Lipinski definition) is 1. The Morgan fingerprint density at radius 1 is 1.17 bits per heavy atom. The fraction of sp³-hybridized carbons (Fsp3) is 0.647. The van der Waals surface area contributed by atoms with Gasteiger partial charge in [-0.25, -0.2) is 0 Å². The van der Waals surface area contributed by atoms with Gasteiger partial charge in [0.25, 0.3) is 0 Å². The Hall–Kier alpha value is -0.820. The van der Waals surface area contributed by atoms with Crippen molar-refractivity contribution in [1.82, 2.24) is 5.32 Å². The Morgan fingerprint density at radius 3 is 2.28 bits per heavy atom. The summed E-state index contributed by atoms with van der Waals surface area (Å²) >= 11 is 0. The average Bonchev–Trinajstić information content (AvgIpc) is 2.32. The summed E-state index contributed by atoms with van der Waals surface area (Å²) in [5.74, 6) is 1.62. The van der Waals surface area contributed by atoms with Crippen LogP contribution in [0.4, 0.5) is 0 Å². The van der Waals surface area contributed by atoms with Crippen molar-refractivity contribution in [2.75, 3.05) is 7.05 Å². The molecule has 1 aromatic carbocycles. The summed E-state index contributed by atoms with van der Waals surface area (Å²) < 4.78 is 0. The molecule has 0 spiro atoms. The predicted molar refractivity (Wildman–Crippen MR) is 79.0 cm³/mol. The molecule has 0 aliphatic heterocycles. The molecule has 1 aliphatic rings. The number of benzene rings is 1. The molecular formula is C17H27N. The van der Waals surface area contributed by atoms with Crippen LogP contribution in [0.15, 0.2) is 24.3 Å². The third-order valence-electron chi connectivity index (χ3n) is 4.38. The van der Waals surface area contributed by atoms with Gasteiger partial charge in [0.2, 0.25) is 0 Å². The molecule has 0 heterocycles. The maximum Gasteiger partial charge on any atom is 0.0107 e. The zero-order valence-electron chi connectivity index (χ0n) is 12.1. The number of rotatable bonds is 6. The minimum atomic E-state index is 0.633. The molecular weight excluding hydrogens is 218 g/mol. The average molecular weight is 245 g/mol. The molecule has 1 heteroatoms. The maximum absolute atomic E-state index is 3.49. The smallest absolute Gasteiger partial charge is 0.0107 e. The Bertz CT molecular complexity index is 348. The van der Waals surface area contributed by atoms with E-state index < -0.39 is 0 Å². The molecule has 1 fully saturated rings. The first kappa shape index (κ1) is 13.6. The molecule has 0 radical (unpaired) electrons. The van der Waals surface area contributed by atoms with Crippen molar-refractivity contribution in [2.45, 2.75) is 57.9 Å². The summed E-state index contributed by atoms with van der Waals surface area (Å²) in [4.78, 5) is 0. The lowest BCUT2D eigenvalue weighted by atomic mass is 9.80. The molecule has 0 amide bonds. The SMILES string of the molecule is CNC(Cc1ccc(C(C)C)cc1)CC1CCC1. The van der Waals surface area contributed by atoms with E-state index in [1.807, 2.05) is 0 Å². The number of nitrogens with one attached hydrogen (secondary N) is 1. The molecule has 1 N–H and O–H groups in total. The van der Waals surface area contributed by atoms with Crippen LogP contribution >= 0.6 is 0 Å². The lowest BCUT2D eigenvalue weighted by Gasteiger charge is -2.29. The molecule has 18 heavy (non-hydrogen) atoms. The van der Waals surface area contributed by atoms with Crippen LogP contribution in [0.25, 0.3) is 0 Å². The summed E-state index contributed by atoms with van der Waals surface area (Å²) in [6.45, 7) is 4.50. The summed E-state index contributed by atoms with van der Waals surface area (Å²) in [6.07, 6.45) is 6.87. The van der Waals surface area contributed by atoms with Crippen molar-refractivity contribution >= 4 is 0 Å². The first-order chi connectivity index (χ1) is 8.69. The molecule has 1 unspecified atom stereocenters. The van der Waals surface area contributed by atoms with E-state index in [0.717, 1.165) is 5.92 Å². The highest BCUT2D eigenvalue weighted by molar-refractivity contribution is 5.25. The van der Waals surface area contributed by atoms with Gasteiger partial charge in [0, 0.05) is 6.04 Å². The lowest BCUT2D eigenvalue weighted by molar-refractivity contribution is 0.263. The number of hydrogen-bond acceptors (Lipinski definition) is 1. The minimum absolute atomic E-state index is 0.633. The molecule has 100 valence electrons. The quantitative estimate of drug-likeness (QED) is 0.794. The molecule has 1 saturated carbocycles. The lowest BCUT2D eigenvalue weighted by Crippen LogP contribution is -2.31. The predicted octanol–water partition coefficient (Wildman–Crippen LogP) is 4.13. The fourth-order valence-electron chi connectivity index (χ4n) is 2.76. The van der Waals surface area contributed by atoms with Gasteiger partial charge in [-0.15, -0.1) is 0 Å². The molecule has 1 aliphatic carbocycles. The van der Waals surface area contributed by atoms with E-state index in [0.29, 0.717) is 12.0 Å². The molecule has 2 rings (SSSR count). The van der Waals surface area contributed by atoms with Crippen LogP contribution in [0.5, 0.6) is 0 Å². The third kappa shape index (κ3) is 3.58. The van der Waals surface area contributed by atoms with Gasteiger partial charge in [0.15, 0.2) is 0 Å². The highest BCUT2D eigenvalue weighted by Gasteiger charge is 2.21. The molecule has 1 atom stereocenters. The second-order valence-corrected chi connectivity index (χ2v) is 6.12. The van der Waals surface area contributed by atoms with Crippen molar-refractivity contribution in [3.8, 4) is 0 Å². The Morgan fingerprint density at radius 2 is 1.83 bits per heavy atom. The largest absolute Gasteiger partial charge is 0.317 e. The zero-order chi connectivity index (χ0) is 13.0. The first-order valence-electron chi connectivity index (χ1n) is 7.45. The van der Waals surface area contributed by atoms with Gasteiger partial charge in [-0.1, -0.05) is 57.4 Å². The zero-order valence-corrected chi connectivity index (χ0v) is 12.1. The van der Waals surface area contributed by atoms with Gasteiger partial charge in [0.1, 0.15) is 0 Å². The highest BCUT2D eigenvalue weighted by Crippen LogP contribution is 2.31. The van der Waals surface area contributed by atoms with Gasteiger partial charge < -0.3 is 5.32 Å². The van der Waals surface area contributed by atoms with Gasteiger partial charge in [-0.3, -0.25) is 0 Å². The maximum atomic E-state index is 3.49. The fourth-order valence-corrected chi connectivity index (χ4v) is 2.76. The summed E-state index contributed by atoms with van der Waals surface area (Å²) in [7, 11) is 2.10. The van der Waals surface area contributed by atoms with Crippen LogP contribution in [-0.4, -0.2) is 13.1 Å². The van der Waals surface area contributed by atoms with Crippen molar-refractivity contribution in [2.24, 2.45) is 5.92 Å².